The maximum atomic E-state index is 9.98. The molecule has 0 amide bonds. The largest absolute Gasteiger partial charge is 0.876 e. The zero-order valence-corrected chi connectivity index (χ0v) is 10.3. The smallest absolute Gasteiger partial charge is 0.151 e. The van der Waals surface area contributed by atoms with Gasteiger partial charge in [-0.3, -0.25) is 9.59 Å². The quantitative estimate of drug-likeness (QED) is 0.383. The van der Waals surface area contributed by atoms with E-state index < -0.39 is 0 Å². The molecule has 0 aliphatic carbocycles. The standard InChI is InChI=1S/2C5H8O2.Mn/c2*1-4(6)3-5(2)7;/h2*3,6H,1-2H3;/p-2/b2*4-3-;. The molecule has 0 aliphatic heterocycles. The molecule has 4 nitrogen and oxygen atoms in total. The van der Waals surface area contributed by atoms with Crippen LogP contribution in [0.3, 0.4) is 0 Å². The van der Waals surface area contributed by atoms with Gasteiger partial charge in [0.2, 0.25) is 0 Å². The van der Waals surface area contributed by atoms with Crippen molar-refractivity contribution in [2.45, 2.75) is 27.7 Å². The van der Waals surface area contributed by atoms with Crippen molar-refractivity contribution in [1.29, 1.82) is 0 Å². The van der Waals surface area contributed by atoms with E-state index in [9.17, 15) is 19.8 Å². The van der Waals surface area contributed by atoms with Crippen molar-refractivity contribution in [3.05, 3.63) is 23.7 Å². The molecule has 0 fully saturated rings. The number of carbonyl (C=O) groups excluding carboxylic acids is 2. The molecule has 0 aromatic carbocycles. The molecule has 0 rings (SSSR count). The summed E-state index contributed by atoms with van der Waals surface area (Å²) in [6, 6.07) is 0. The predicted molar refractivity (Wildman–Crippen MR) is 48.9 cm³/mol. The second kappa shape index (κ2) is 11.0. The van der Waals surface area contributed by atoms with Crippen molar-refractivity contribution in [2.24, 2.45) is 0 Å². The van der Waals surface area contributed by atoms with Gasteiger partial charge in [0, 0.05) is 17.1 Å². The maximum absolute atomic E-state index is 9.98. The fourth-order valence-corrected chi connectivity index (χ4v) is 0.572. The van der Waals surface area contributed by atoms with Crippen molar-refractivity contribution >= 4 is 11.6 Å². The number of rotatable bonds is 2. The van der Waals surface area contributed by atoms with Crippen LogP contribution in [0.4, 0.5) is 0 Å². The van der Waals surface area contributed by atoms with Gasteiger partial charge < -0.3 is 10.2 Å². The normalized spacial score (nSPS) is 10.7. The Labute approximate surface area is 100 Å². The van der Waals surface area contributed by atoms with Gasteiger partial charge in [-0.25, -0.2) is 0 Å². The molecule has 0 N–H and O–H groups in total. The minimum atomic E-state index is -0.187. The molecule has 0 bridgehead atoms. The van der Waals surface area contributed by atoms with E-state index in [-0.39, 0.29) is 40.2 Å². The molecule has 0 saturated heterocycles. The van der Waals surface area contributed by atoms with Crippen LogP contribution in [0, 0.1) is 0 Å². The van der Waals surface area contributed by atoms with E-state index in [1.54, 1.807) is 0 Å². The van der Waals surface area contributed by atoms with E-state index >= 15 is 0 Å². The van der Waals surface area contributed by atoms with Gasteiger partial charge in [-0.1, -0.05) is 13.8 Å². The summed E-state index contributed by atoms with van der Waals surface area (Å²) in [6.07, 6.45) is 2.11. The molecule has 0 spiro atoms. The van der Waals surface area contributed by atoms with Crippen LogP contribution in [0.1, 0.15) is 27.7 Å². The minimum absolute atomic E-state index is 0. The summed E-state index contributed by atoms with van der Waals surface area (Å²) in [5, 5.41) is 20.0. The van der Waals surface area contributed by atoms with Crippen molar-refractivity contribution in [3.63, 3.8) is 0 Å². The summed E-state index contributed by atoms with van der Waals surface area (Å²) in [5.41, 5.74) is 0. The molecule has 87 valence electrons. The SMILES string of the molecule is CC(=O)/C=C(/C)[O-].CC(=O)/C=C(/C)[O-].[Mn]. The van der Waals surface area contributed by atoms with Gasteiger partial charge in [-0.2, -0.15) is 0 Å². The number of ketones is 2. The first-order valence-corrected chi connectivity index (χ1v) is 3.97. The van der Waals surface area contributed by atoms with E-state index in [4.69, 9.17) is 0 Å². The van der Waals surface area contributed by atoms with E-state index in [2.05, 4.69) is 0 Å². The monoisotopic (exact) mass is 253 g/mol. The molecular weight excluding hydrogens is 239 g/mol. The molecular formula is C10H14MnO4-2. The third-order valence-corrected chi connectivity index (χ3v) is 0.813. The van der Waals surface area contributed by atoms with E-state index in [1.807, 2.05) is 0 Å². The molecule has 1 radical (unpaired) electrons. The summed E-state index contributed by atoms with van der Waals surface area (Å²) in [7, 11) is 0. The van der Waals surface area contributed by atoms with Gasteiger partial charge in [0.25, 0.3) is 0 Å². The Kier molecular flexibility index (Phi) is 14.3. The van der Waals surface area contributed by atoms with E-state index in [1.165, 1.54) is 27.7 Å². The van der Waals surface area contributed by atoms with Crippen LogP contribution < -0.4 is 10.2 Å². The average Bonchev–Trinajstić information content (AvgIpc) is 1.79. The summed E-state index contributed by atoms with van der Waals surface area (Å²) >= 11 is 0. The van der Waals surface area contributed by atoms with Crippen molar-refractivity contribution in [1.82, 2.24) is 0 Å². The van der Waals surface area contributed by atoms with Crippen LogP contribution >= 0.6 is 0 Å². The second-order valence-corrected chi connectivity index (χ2v) is 2.73. The van der Waals surface area contributed by atoms with Crippen molar-refractivity contribution in [3.8, 4) is 0 Å². The Morgan fingerprint density at radius 1 is 0.800 bits per heavy atom. The third kappa shape index (κ3) is 32.2. The molecule has 5 heteroatoms. The molecule has 0 aromatic rings. The van der Waals surface area contributed by atoms with Crippen LogP contribution in [-0.4, -0.2) is 11.6 Å². The minimum Gasteiger partial charge on any atom is -0.876 e. The molecule has 0 saturated carbocycles. The first-order valence-electron chi connectivity index (χ1n) is 3.97. The first kappa shape index (κ1) is 19.5. The molecule has 0 heterocycles. The van der Waals surface area contributed by atoms with Crippen LogP contribution in [0.15, 0.2) is 23.7 Å². The van der Waals surface area contributed by atoms with Gasteiger partial charge in [0.15, 0.2) is 11.6 Å². The Morgan fingerprint density at radius 3 is 1.00 bits per heavy atom. The first-order chi connectivity index (χ1) is 6.25. The van der Waals surface area contributed by atoms with Crippen LogP contribution in [0.2, 0.25) is 0 Å². The van der Waals surface area contributed by atoms with Crippen molar-refractivity contribution < 1.29 is 36.9 Å². The zero-order chi connectivity index (χ0) is 11.7. The second-order valence-electron chi connectivity index (χ2n) is 2.73. The summed E-state index contributed by atoms with van der Waals surface area (Å²) in [4.78, 5) is 20.0. The molecule has 0 aromatic heterocycles. The van der Waals surface area contributed by atoms with Crippen molar-refractivity contribution in [2.75, 3.05) is 0 Å². The molecule has 15 heavy (non-hydrogen) atoms. The van der Waals surface area contributed by atoms with Crippen LogP contribution in [-0.2, 0) is 26.7 Å². The van der Waals surface area contributed by atoms with Gasteiger partial charge >= 0.3 is 0 Å². The molecule has 0 aliphatic rings. The fraction of sp³-hybridized carbons (Fsp3) is 0.400. The van der Waals surface area contributed by atoms with Crippen LogP contribution in [0.25, 0.3) is 0 Å². The summed E-state index contributed by atoms with van der Waals surface area (Å²) in [6.45, 7) is 5.39. The summed E-state index contributed by atoms with van der Waals surface area (Å²) in [5.74, 6) is -0.750. The fourth-order valence-electron chi connectivity index (χ4n) is 0.572. The predicted octanol–water partition coefficient (Wildman–Crippen LogP) is -0.324. The Balaban J connectivity index is -0.000000180. The Bertz CT molecular complexity index is 231. The Hall–Kier alpha value is -1.06. The Morgan fingerprint density at radius 2 is 1.00 bits per heavy atom. The topological polar surface area (TPSA) is 80.3 Å². The zero-order valence-electron chi connectivity index (χ0n) is 9.17. The van der Waals surface area contributed by atoms with Gasteiger partial charge in [-0.05, 0) is 26.0 Å². The average molecular weight is 253 g/mol. The number of allylic oxidation sites excluding steroid dienone is 4. The van der Waals surface area contributed by atoms with E-state index in [0.717, 1.165) is 12.2 Å². The molecule has 0 atom stereocenters. The van der Waals surface area contributed by atoms with Crippen LogP contribution in [0.5, 0.6) is 0 Å². The number of hydrogen-bond donors (Lipinski definition) is 0. The number of hydrogen-bond acceptors (Lipinski definition) is 4. The maximum Gasteiger partial charge on any atom is 0.151 e. The van der Waals surface area contributed by atoms with Gasteiger partial charge in [0.1, 0.15) is 0 Å². The third-order valence-electron chi connectivity index (χ3n) is 0.813. The van der Waals surface area contributed by atoms with Gasteiger partial charge in [0.05, 0.1) is 0 Å². The number of carbonyl (C=O) groups is 2. The molecule has 0 unspecified atom stereocenters. The summed E-state index contributed by atoms with van der Waals surface area (Å²) < 4.78 is 0. The van der Waals surface area contributed by atoms with Gasteiger partial charge in [-0.15, -0.1) is 11.5 Å². The van der Waals surface area contributed by atoms with E-state index in [0.29, 0.717) is 0 Å².